The number of rotatable bonds is 0. The van der Waals surface area contributed by atoms with Gasteiger partial charge in [0.2, 0.25) is 11.6 Å². The van der Waals surface area contributed by atoms with Crippen LogP contribution in [-0.2, 0) is 9.59 Å². The van der Waals surface area contributed by atoms with Gasteiger partial charge in [-0.25, -0.2) is 0 Å². The average molecular weight is 210 g/mol. The summed E-state index contributed by atoms with van der Waals surface area (Å²) < 4.78 is 0. The van der Waals surface area contributed by atoms with Crippen LogP contribution in [0.4, 0.5) is 0 Å². The van der Waals surface area contributed by atoms with E-state index in [-0.39, 0.29) is 5.57 Å². The third-order valence-electron chi connectivity index (χ3n) is 2.71. The first-order chi connectivity index (χ1) is 7.04. The maximum atomic E-state index is 11.5. The Morgan fingerprint density at radius 2 is 1.80 bits per heavy atom. The molecule has 0 aromatic rings. The molecular weight excluding hydrogens is 200 g/mol. The number of carbonyl (C=O) groups excluding carboxylic acids is 2. The lowest BCUT2D eigenvalue weighted by Gasteiger charge is -2.19. The van der Waals surface area contributed by atoms with Gasteiger partial charge in [-0.05, 0) is 12.0 Å². The molecule has 2 aliphatic carbocycles. The molecule has 0 heterocycles. The van der Waals surface area contributed by atoms with Crippen LogP contribution in [0.2, 0.25) is 0 Å². The zero-order valence-electron chi connectivity index (χ0n) is 7.75. The van der Waals surface area contributed by atoms with Crippen LogP contribution >= 0.6 is 0 Å². The summed E-state index contributed by atoms with van der Waals surface area (Å²) in [5.41, 5.74) is 0.403. The third kappa shape index (κ3) is 1.36. The molecule has 0 amide bonds. The van der Waals surface area contributed by atoms with Crippen LogP contribution in [-0.4, -0.2) is 45.2 Å². The van der Waals surface area contributed by atoms with Gasteiger partial charge in [0.1, 0.15) is 18.3 Å². The molecule has 0 bridgehead atoms. The Bertz CT molecular complexity index is 393. The summed E-state index contributed by atoms with van der Waals surface area (Å²) in [5.74, 6) is -1.92. The highest BCUT2D eigenvalue weighted by Gasteiger charge is 2.42. The number of allylic oxidation sites excluding steroid dienone is 3. The number of aliphatic hydroxyl groups is 3. The van der Waals surface area contributed by atoms with Crippen molar-refractivity contribution in [2.75, 3.05) is 0 Å². The van der Waals surface area contributed by atoms with Crippen LogP contribution in [0.5, 0.6) is 0 Å². The Morgan fingerprint density at radius 1 is 1.13 bits per heavy atom. The fourth-order valence-corrected chi connectivity index (χ4v) is 1.82. The highest BCUT2D eigenvalue weighted by molar-refractivity contribution is 6.46. The fraction of sp³-hybridized carbons (Fsp3) is 0.400. The second kappa shape index (κ2) is 3.37. The lowest BCUT2D eigenvalue weighted by atomic mass is 10.0. The first-order valence-electron chi connectivity index (χ1n) is 4.56. The zero-order valence-corrected chi connectivity index (χ0v) is 7.75. The number of carbonyl (C=O) groups is 2. The molecule has 0 fully saturated rings. The molecule has 0 spiro atoms. The van der Waals surface area contributed by atoms with Crippen molar-refractivity contribution in [3.05, 3.63) is 23.3 Å². The van der Waals surface area contributed by atoms with E-state index in [2.05, 4.69) is 0 Å². The Morgan fingerprint density at radius 3 is 2.47 bits per heavy atom. The fourth-order valence-electron chi connectivity index (χ4n) is 1.82. The second-order valence-corrected chi connectivity index (χ2v) is 3.62. The summed E-state index contributed by atoms with van der Waals surface area (Å²) in [7, 11) is 0. The molecule has 0 saturated heterocycles. The summed E-state index contributed by atoms with van der Waals surface area (Å²) in [6.07, 6.45) is -1.45. The summed E-state index contributed by atoms with van der Waals surface area (Å²) in [5, 5.41) is 28.3. The van der Waals surface area contributed by atoms with Crippen LogP contribution in [0.15, 0.2) is 23.3 Å². The summed E-state index contributed by atoms with van der Waals surface area (Å²) in [6.45, 7) is 0. The average Bonchev–Trinajstić information content (AvgIpc) is 2.70. The minimum Gasteiger partial charge on any atom is -0.387 e. The van der Waals surface area contributed by atoms with Gasteiger partial charge >= 0.3 is 0 Å². The van der Waals surface area contributed by atoms with Crippen molar-refractivity contribution in [1.29, 1.82) is 0 Å². The molecule has 3 atom stereocenters. The molecule has 0 aromatic heterocycles. The quantitative estimate of drug-likeness (QED) is 0.422. The van der Waals surface area contributed by atoms with Crippen LogP contribution in [0.25, 0.3) is 0 Å². The van der Waals surface area contributed by atoms with Gasteiger partial charge in [0.05, 0.1) is 0 Å². The molecule has 0 radical (unpaired) electrons. The molecule has 2 aliphatic rings. The second-order valence-electron chi connectivity index (χ2n) is 3.62. The van der Waals surface area contributed by atoms with Crippen molar-refractivity contribution in [2.24, 2.45) is 0 Å². The normalized spacial score (nSPS) is 35.8. The maximum absolute atomic E-state index is 11.5. The minimum atomic E-state index is -1.84. The number of hydrogen-bond acceptors (Lipinski definition) is 5. The van der Waals surface area contributed by atoms with Gasteiger partial charge in [0.15, 0.2) is 0 Å². The van der Waals surface area contributed by atoms with E-state index in [0.29, 0.717) is 12.0 Å². The molecule has 5 nitrogen and oxygen atoms in total. The predicted octanol–water partition coefficient (Wildman–Crippen LogP) is -1.52. The van der Waals surface area contributed by atoms with Gasteiger partial charge in [-0.2, -0.15) is 0 Å². The minimum absolute atomic E-state index is 0.100. The highest BCUT2D eigenvalue weighted by atomic mass is 16.4. The highest BCUT2D eigenvalue weighted by Crippen LogP contribution is 2.29. The lowest BCUT2D eigenvalue weighted by Crippen LogP contribution is -2.42. The molecule has 80 valence electrons. The van der Waals surface area contributed by atoms with Crippen LogP contribution in [0, 0.1) is 0 Å². The van der Waals surface area contributed by atoms with Crippen LogP contribution in [0.1, 0.15) is 6.42 Å². The van der Waals surface area contributed by atoms with Gasteiger partial charge in [-0.3, -0.25) is 9.59 Å². The molecule has 3 N–H and O–H groups in total. The first-order valence-corrected chi connectivity index (χ1v) is 4.56. The van der Waals surface area contributed by atoms with Gasteiger partial charge in [0, 0.05) is 5.57 Å². The van der Waals surface area contributed by atoms with Crippen molar-refractivity contribution in [2.45, 2.75) is 24.7 Å². The Hall–Kier alpha value is -1.30. The molecule has 0 aliphatic heterocycles. The van der Waals surface area contributed by atoms with E-state index < -0.39 is 29.9 Å². The smallest absolute Gasteiger partial charge is 0.234 e. The van der Waals surface area contributed by atoms with Gasteiger partial charge in [0.25, 0.3) is 0 Å². The van der Waals surface area contributed by atoms with E-state index in [0.717, 1.165) is 0 Å². The zero-order chi connectivity index (χ0) is 11.2. The van der Waals surface area contributed by atoms with Gasteiger partial charge in [-0.1, -0.05) is 12.2 Å². The van der Waals surface area contributed by atoms with Crippen molar-refractivity contribution in [1.82, 2.24) is 0 Å². The standard InChI is InChI=1S/C10H10O5/c11-6-4-2-1-3-5(4)7(12)9(14)10(15)8(6)13/h1-2,7,9-10,12,14-15H,3H2. The van der Waals surface area contributed by atoms with Crippen molar-refractivity contribution >= 4 is 11.6 Å². The van der Waals surface area contributed by atoms with E-state index >= 15 is 0 Å². The Kier molecular flexibility index (Phi) is 2.30. The molecule has 5 heteroatoms. The van der Waals surface area contributed by atoms with E-state index in [1.165, 1.54) is 6.08 Å². The van der Waals surface area contributed by atoms with Gasteiger partial charge < -0.3 is 15.3 Å². The third-order valence-corrected chi connectivity index (χ3v) is 2.71. The molecule has 0 saturated carbocycles. The van der Waals surface area contributed by atoms with Crippen molar-refractivity contribution in [3.8, 4) is 0 Å². The number of Topliss-reactive ketones (excluding diaryl/α,β-unsaturated/α-hetero) is 2. The predicted molar refractivity (Wildman–Crippen MR) is 48.8 cm³/mol. The topological polar surface area (TPSA) is 94.8 Å². The van der Waals surface area contributed by atoms with E-state index in [1.54, 1.807) is 6.08 Å². The van der Waals surface area contributed by atoms with Gasteiger partial charge in [-0.15, -0.1) is 0 Å². The van der Waals surface area contributed by atoms with Crippen LogP contribution < -0.4 is 0 Å². The van der Waals surface area contributed by atoms with E-state index in [4.69, 9.17) is 0 Å². The van der Waals surface area contributed by atoms with Crippen molar-refractivity contribution in [3.63, 3.8) is 0 Å². The lowest BCUT2D eigenvalue weighted by molar-refractivity contribution is -0.145. The SMILES string of the molecule is O=C1C(=O)C(O)C(O)C(O)C2=C1C=CC2. The Labute approximate surface area is 85.3 Å². The van der Waals surface area contributed by atoms with Crippen LogP contribution in [0.3, 0.4) is 0 Å². The largest absolute Gasteiger partial charge is 0.387 e. The molecule has 15 heavy (non-hydrogen) atoms. The molecular formula is C10H10O5. The summed E-state index contributed by atoms with van der Waals surface area (Å²) in [4.78, 5) is 22.8. The maximum Gasteiger partial charge on any atom is 0.234 e. The number of ketones is 2. The number of hydrogen-bond donors (Lipinski definition) is 3. The Balaban J connectivity index is 2.50. The van der Waals surface area contributed by atoms with E-state index in [1.807, 2.05) is 0 Å². The molecule has 0 aromatic carbocycles. The summed E-state index contributed by atoms with van der Waals surface area (Å²) in [6, 6.07) is 0. The van der Waals surface area contributed by atoms with Crippen molar-refractivity contribution < 1.29 is 24.9 Å². The monoisotopic (exact) mass is 210 g/mol. The number of aliphatic hydroxyl groups excluding tert-OH is 3. The molecule has 2 rings (SSSR count). The first kappa shape index (κ1) is 10.2. The summed E-state index contributed by atoms with van der Waals surface area (Å²) >= 11 is 0. The molecule has 3 unspecified atom stereocenters. The van der Waals surface area contributed by atoms with E-state index in [9.17, 15) is 24.9 Å².